The van der Waals surface area contributed by atoms with Crippen LogP contribution in [0, 0.1) is 0 Å². The van der Waals surface area contributed by atoms with Crippen molar-refractivity contribution in [3.8, 4) is 0 Å². The molecular weight excluding hydrogens is 238 g/mol. The molecule has 2 rings (SSSR count). The average Bonchev–Trinajstić information content (AvgIpc) is 3.11. The lowest BCUT2D eigenvalue weighted by molar-refractivity contribution is -0.123. The number of rotatable bonds is 5. The molecule has 3 nitrogen and oxygen atoms in total. The molecule has 0 bridgehead atoms. The highest BCUT2D eigenvalue weighted by Gasteiger charge is 2.52. The van der Waals surface area contributed by atoms with E-state index < -0.39 is 5.41 Å². The van der Waals surface area contributed by atoms with Crippen molar-refractivity contribution in [2.24, 2.45) is 0 Å². The maximum atomic E-state index is 12.1. The van der Waals surface area contributed by atoms with Crippen LogP contribution < -0.4 is 5.32 Å². The standard InChI is InChI=1S/C13H16ClNO2/c1-17-9-8-15-12(16)13(6-7-13)10-4-2-3-5-11(10)14/h2-5H,6-9H2,1H3,(H,15,16). The molecule has 4 heteroatoms. The Balaban J connectivity index is 2.09. The molecule has 1 N–H and O–H groups in total. The Morgan fingerprint density at radius 1 is 1.47 bits per heavy atom. The smallest absolute Gasteiger partial charge is 0.230 e. The van der Waals surface area contributed by atoms with Gasteiger partial charge in [-0.2, -0.15) is 0 Å². The van der Waals surface area contributed by atoms with E-state index in [1.54, 1.807) is 7.11 Å². The van der Waals surface area contributed by atoms with Crippen molar-refractivity contribution in [1.29, 1.82) is 0 Å². The highest BCUT2D eigenvalue weighted by molar-refractivity contribution is 6.31. The zero-order chi connectivity index (χ0) is 12.3. The fourth-order valence-electron chi connectivity index (χ4n) is 2.03. The van der Waals surface area contributed by atoms with Crippen LogP contribution in [0.15, 0.2) is 24.3 Å². The van der Waals surface area contributed by atoms with Crippen LogP contribution >= 0.6 is 11.6 Å². The lowest BCUT2D eigenvalue weighted by atomic mass is 9.95. The fourth-order valence-corrected chi connectivity index (χ4v) is 2.35. The second kappa shape index (κ2) is 5.07. The van der Waals surface area contributed by atoms with Gasteiger partial charge in [-0.25, -0.2) is 0 Å². The van der Waals surface area contributed by atoms with Crippen LogP contribution in [-0.4, -0.2) is 26.2 Å². The van der Waals surface area contributed by atoms with Crippen LogP contribution in [-0.2, 0) is 14.9 Å². The molecule has 92 valence electrons. The van der Waals surface area contributed by atoms with E-state index in [9.17, 15) is 4.79 Å². The van der Waals surface area contributed by atoms with Crippen molar-refractivity contribution in [1.82, 2.24) is 5.32 Å². The minimum absolute atomic E-state index is 0.0580. The quantitative estimate of drug-likeness (QED) is 0.817. The van der Waals surface area contributed by atoms with E-state index in [1.165, 1.54) is 0 Å². The summed E-state index contributed by atoms with van der Waals surface area (Å²) in [6.07, 6.45) is 1.74. The Hall–Kier alpha value is -1.06. The minimum Gasteiger partial charge on any atom is -0.383 e. The molecule has 1 amide bonds. The SMILES string of the molecule is COCCNC(=O)C1(c2ccccc2Cl)CC1. The monoisotopic (exact) mass is 253 g/mol. The molecule has 1 fully saturated rings. The predicted molar refractivity (Wildman–Crippen MR) is 67.2 cm³/mol. The third-order valence-corrected chi connectivity index (χ3v) is 3.50. The van der Waals surface area contributed by atoms with Crippen LogP contribution in [0.3, 0.4) is 0 Å². The molecular formula is C13H16ClNO2. The Bertz CT molecular complexity index is 416. The lowest BCUT2D eigenvalue weighted by Gasteiger charge is -2.16. The number of hydrogen-bond donors (Lipinski definition) is 1. The van der Waals surface area contributed by atoms with Gasteiger partial charge >= 0.3 is 0 Å². The molecule has 0 unspecified atom stereocenters. The Morgan fingerprint density at radius 3 is 2.76 bits per heavy atom. The van der Waals surface area contributed by atoms with Crippen LogP contribution in [0.5, 0.6) is 0 Å². The summed E-state index contributed by atoms with van der Waals surface area (Å²) in [5, 5.41) is 3.56. The van der Waals surface area contributed by atoms with Gasteiger partial charge in [0.15, 0.2) is 0 Å². The molecule has 1 aromatic carbocycles. The highest BCUT2D eigenvalue weighted by atomic mass is 35.5. The van der Waals surface area contributed by atoms with Crippen LogP contribution in [0.4, 0.5) is 0 Å². The van der Waals surface area contributed by atoms with Crippen LogP contribution in [0.25, 0.3) is 0 Å². The number of carbonyl (C=O) groups excluding carboxylic acids is 1. The van der Waals surface area contributed by atoms with Crippen molar-refractivity contribution in [3.05, 3.63) is 34.9 Å². The highest BCUT2D eigenvalue weighted by Crippen LogP contribution is 2.50. The van der Waals surface area contributed by atoms with Gasteiger partial charge in [-0.05, 0) is 24.5 Å². The first kappa shape index (κ1) is 12.4. The van der Waals surface area contributed by atoms with Crippen molar-refractivity contribution < 1.29 is 9.53 Å². The topological polar surface area (TPSA) is 38.3 Å². The lowest BCUT2D eigenvalue weighted by Crippen LogP contribution is -2.36. The van der Waals surface area contributed by atoms with Crippen molar-refractivity contribution >= 4 is 17.5 Å². The zero-order valence-electron chi connectivity index (χ0n) is 9.83. The molecule has 0 saturated heterocycles. The number of halogens is 1. The molecule has 1 aromatic rings. The van der Waals surface area contributed by atoms with Crippen molar-refractivity contribution in [2.45, 2.75) is 18.3 Å². The van der Waals surface area contributed by atoms with Gasteiger partial charge in [0, 0.05) is 18.7 Å². The molecule has 0 radical (unpaired) electrons. The van der Waals surface area contributed by atoms with E-state index in [4.69, 9.17) is 16.3 Å². The number of hydrogen-bond acceptors (Lipinski definition) is 2. The Labute approximate surface area is 106 Å². The molecule has 0 heterocycles. The minimum atomic E-state index is -0.397. The Morgan fingerprint density at radius 2 is 2.18 bits per heavy atom. The van der Waals surface area contributed by atoms with Gasteiger partial charge in [-0.1, -0.05) is 29.8 Å². The maximum Gasteiger partial charge on any atom is 0.230 e. The molecule has 0 spiro atoms. The number of amides is 1. The molecule has 17 heavy (non-hydrogen) atoms. The summed E-state index contributed by atoms with van der Waals surface area (Å²) < 4.78 is 4.91. The number of nitrogens with one attached hydrogen (secondary N) is 1. The number of ether oxygens (including phenoxy) is 1. The Kier molecular flexibility index (Phi) is 3.69. The second-order valence-corrected chi connectivity index (χ2v) is 4.72. The van der Waals surface area contributed by atoms with Crippen molar-refractivity contribution in [3.63, 3.8) is 0 Å². The largest absolute Gasteiger partial charge is 0.383 e. The first-order valence-electron chi connectivity index (χ1n) is 5.73. The summed E-state index contributed by atoms with van der Waals surface area (Å²) in [6, 6.07) is 7.57. The van der Waals surface area contributed by atoms with E-state index in [2.05, 4.69) is 5.32 Å². The maximum absolute atomic E-state index is 12.1. The summed E-state index contributed by atoms with van der Waals surface area (Å²) in [5.41, 5.74) is 0.545. The van der Waals surface area contributed by atoms with Gasteiger partial charge in [0.05, 0.1) is 12.0 Å². The summed E-state index contributed by atoms with van der Waals surface area (Å²) in [4.78, 5) is 12.1. The van der Waals surface area contributed by atoms with Crippen LogP contribution in [0.2, 0.25) is 5.02 Å². The fraction of sp³-hybridized carbons (Fsp3) is 0.462. The first-order chi connectivity index (χ1) is 8.20. The summed E-state index contributed by atoms with van der Waals surface area (Å²) in [6.45, 7) is 1.08. The van der Waals surface area contributed by atoms with E-state index in [1.807, 2.05) is 24.3 Å². The zero-order valence-corrected chi connectivity index (χ0v) is 10.6. The van der Waals surface area contributed by atoms with Crippen molar-refractivity contribution in [2.75, 3.05) is 20.3 Å². The molecule has 0 aromatic heterocycles. The summed E-state index contributed by atoms with van der Waals surface area (Å²) in [5.74, 6) is 0.0580. The van der Waals surface area contributed by atoms with Gasteiger partial charge in [0.25, 0.3) is 0 Å². The second-order valence-electron chi connectivity index (χ2n) is 4.31. The third kappa shape index (κ3) is 2.45. The molecule has 0 aliphatic heterocycles. The van der Waals surface area contributed by atoms with Gasteiger partial charge in [0.1, 0.15) is 0 Å². The van der Waals surface area contributed by atoms with E-state index in [0.717, 1.165) is 18.4 Å². The van der Waals surface area contributed by atoms with Gasteiger partial charge < -0.3 is 10.1 Å². The molecule has 1 aliphatic rings. The number of carbonyl (C=O) groups is 1. The predicted octanol–water partition coefficient (Wildman–Crippen LogP) is 2.13. The van der Waals surface area contributed by atoms with Gasteiger partial charge in [-0.15, -0.1) is 0 Å². The first-order valence-corrected chi connectivity index (χ1v) is 6.11. The third-order valence-electron chi connectivity index (χ3n) is 3.17. The van der Waals surface area contributed by atoms with Crippen LogP contribution in [0.1, 0.15) is 18.4 Å². The van der Waals surface area contributed by atoms with Gasteiger partial charge in [0.2, 0.25) is 5.91 Å². The van der Waals surface area contributed by atoms with E-state index in [-0.39, 0.29) is 5.91 Å². The van der Waals surface area contributed by atoms with E-state index in [0.29, 0.717) is 18.2 Å². The molecule has 1 saturated carbocycles. The molecule has 1 aliphatic carbocycles. The molecule has 0 atom stereocenters. The number of benzene rings is 1. The average molecular weight is 254 g/mol. The summed E-state index contributed by atoms with van der Waals surface area (Å²) >= 11 is 6.15. The van der Waals surface area contributed by atoms with Gasteiger partial charge in [-0.3, -0.25) is 4.79 Å². The normalized spacial score (nSPS) is 16.6. The summed E-state index contributed by atoms with van der Waals surface area (Å²) in [7, 11) is 1.62. The number of methoxy groups -OCH3 is 1. The van der Waals surface area contributed by atoms with E-state index >= 15 is 0 Å².